The molecule has 1 rings (SSSR count). The van der Waals surface area contributed by atoms with Gasteiger partial charge in [0.25, 0.3) is 0 Å². The summed E-state index contributed by atoms with van der Waals surface area (Å²) in [5.74, 6) is 0.871. The number of benzene rings is 1. The summed E-state index contributed by atoms with van der Waals surface area (Å²) in [5.41, 5.74) is 1.80. The van der Waals surface area contributed by atoms with Crippen molar-refractivity contribution in [3.8, 4) is 5.75 Å². The third-order valence-corrected chi connectivity index (χ3v) is 3.92. The molecule has 0 saturated carbocycles. The monoisotopic (exact) mass is 299 g/mol. The topological polar surface area (TPSA) is 38.3 Å². The summed E-state index contributed by atoms with van der Waals surface area (Å²) >= 11 is 3.37. The molecule has 4 heteroatoms. The second kappa shape index (κ2) is 6.05. The van der Waals surface area contributed by atoms with Crippen molar-refractivity contribution in [3.05, 3.63) is 23.8 Å². The van der Waals surface area contributed by atoms with Gasteiger partial charge in [0.05, 0.1) is 17.6 Å². The van der Waals surface area contributed by atoms with Crippen molar-refractivity contribution in [2.75, 3.05) is 12.4 Å². The number of hydrogen-bond acceptors (Lipinski definition) is 2. The van der Waals surface area contributed by atoms with Crippen LogP contribution < -0.4 is 10.1 Å². The standard InChI is InChI=1S/C13H18BrNO2/c1-8(2)12(14)13(16)15-10-6-5-9(3)7-11(10)17-4/h5-8,12H,1-4H3,(H,15,16)/t12-/m1/s1. The molecule has 0 aliphatic rings. The summed E-state index contributed by atoms with van der Waals surface area (Å²) in [6, 6.07) is 5.69. The first-order valence-electron chi connectivity index (χ1n) is 5.55. The fourth-order valence-electron chi connectivity index (χ4n) is 1.41. The highest BCUT2D eigenvalue weighted by Gasteiger charge is 2.19. The van der Waals surface area contributed by atoms with Crippen LogP contribution in [0, 0.1) is 12.8 Å². The van der Waals surface area contributed by atoms with E-state index in [9.17, 15) is 4.79 Å². The lowest BCUT2D eigenvalue weighted by Gasteiger charge is -2.15. The molecular weight excluding hydrogens is 282 g/mol. The molecule has 0 fully saturated rings. The van der Waals surface area contributed by atoms with Gasteiger partial charge in [-0.2, -0.15) is 0 Å². The first kappa shape index (κ1) is 14.0. The first-order chi connectivity index (χ1) is 7.95. The third-order valence-electron chi connectivity index (χ3n) is 2.45. The number of amides is 1. The van der Waals surface area contributed by atoms with Gasteiger partial charge in [0.2, 0.25) is 5.91 Å². The molecule has 0 radical (unpaired) electrons. The van der Waals surface area contributed by atoms with Gasteiger partial charge in [-0.1, -0.05) is 35.8 Å². The lowest BCUT2D eigenvalue weighted by molar-refractivity contribution is -0.116. The molecule has 1 N–H and O–H groups in total. The largest absolute Gasteiger partial charge is 0.495 e. The van der Waals surface area contributed by atoms with Crippen LogP contribution in [0.2, 0.25) is 0 Å². The molecule has 17 heavy (non-hydrogen) atoms. The normalized spacial score (nSPS) is 12.4. The first-order valence-corrected chi connectivity index (χ1v) is 6.47. The molecule has 0 unspecified atom stereocenters. The van der Waals surface area contributed by atoms with Crippen LogP contribution in [0.1, 0.15) is 19.4 Å². The predicted octanol–water partition coefficient (Wildman–Crippen LogP) is 3.36. The summed E-state index contributed by atoms with van der Waals surface area (Å²) in [6.07, 6.45) is 0. The van der Waals surface area contributed by atoms with Gasteiger partial charge in [-0.05, 0) is 30.5 Å². The maximum absolute atomic E-state index is 11.9. The van der Waals surface area contributed by atoms with E-state index in [1.165, 1.54) is 0 Å². The minimum atomic E-state index is -0.200. The maximum atomic E-state index is 11.9. The summed E-state index contributed by atoms with van der Waals surface area (Å²) in [4.78, 5) is 11.7. The van der Waals surface area contributed by atoms with Crippen LogP contribution >= 0.6 is 15.9 Å². The van der Waals surface area contributed by atoms with Crippen molar-refractivity contribution in [3.63, 3.8) is 0 Å². The van der Waals surface area contributed by atoms with Crippen LogP contribution in [-0.4, -0.2) is 17.8 Å². The highest BCUT2D eigenvalue weighted by Crippen LogP contribution is 2.26. The summed E-state index contributed by atoms with van der Waals surface area (Å²) in [5, 5.41) is 2.86. The van der Waals surface area contributed by atoms with Crippen molar-refractivity contribution in [2.24, 2.45) is 5.92 Å². The van der Waals surface area contributed by atoms with E-state index in [1.807, 2.05) is 39.0 Å². The number of hydrogen-bond donors (Lipinski definition) is 1. The number of carbonyl (C=O) groups excluding carboxylic acids is 1. The molecule has 1 aromatic carbocycles. The number of rotatable bonds is 4. The smallest absolute Gasteiger partial charge is 0.238 e. The highest BCUT2D eigenvalue weighted by atomic mass is 79.9. The molecule has 1 atom stereocenters. The van der Waals surface area contributed by atoms with E-state index in [4.69, 9.17) is 4.74 Å². The van der Waals surface area contributed by atoms with Crippen molar-refractivity contribution in [1.82, 2.24) is 0 Å². The Morgan fingerprint density at radius 3 is 2.59 bits per heavy atom. The van der Waals surface area contributed by atoms with Crippen LogP contribution in [-0.2, 0) is 4.79 Å². The number of methoxy groups -OCH3 is 1. The van der Waals surface area contributed by atoms with E-state index < -0.39 is 0 Å². The summed E-state index contributed by atoms with van der Waals surface area (Å²) in [7, 11) is 1.60. The zero-order valence-electron chi connectivity index (χ0n) is 10.6. The summed E-state index contributed by atoms with van der Waals surface area (Å²) in [6.45, 7) is 5.96. The molecule has 0 bridgehead atoms. The fourth-order valence-corrected chi connectivity index (χ4v) is 1.52. The Labute approximate surface area is 111 Å². The minimum absolute atomic E-state index is 0.0536. The Balaban J connectivity index is 2.84. The molecule has 1 amide bonds. The van der Waals surface area contributed by atoms with Crippen LogP contribution in [0.4, 0.5) is 5.69 Å². The average molecular weight is 300 g/mol. The Hall–Kier alpha value is -1.03. The van der Waals surface area contributed by atoms with Crippen LogP contribution in [0.5, 0.6) is 5.75 Å². The number of anilines is 1. The van der Waals surface area contributed by atoms with Gasteiger partial charge in [0.15, 0.2) is 0 Å². The van der Waals surface area contributed by atoms with Crippen LogP contribution in [0.15, 0.2) is 18.2 Å². The highest BCUT2D eigenvalue weighted by molar-refractivity contribution is 9.10. The zero-order chi connectivity index (χ0) is 13.0. The van der Waals surface area contributed by atoms with Gasteiger partial charge in [-0.25, -0.2) is 0 Å². The second-order valence-electron chi connectivity index (χ2n) is 4.34. The number of alkyl halides is 1. The number of nitrogens with one attached hydrogen (secondary N) is 1. The molecule has 0 aromatic heterocycles. The number of ether oxygens (including phenoxy) is 1. The molecule has 94 valence electrons. The fraction of sp³-hybridized carbons (Fsp3) is 0.462. The predicted molar refractivity (Wildman–Crippen MR) is 73.9 cm³/mol. The lowest BCUT2D eigenvalue weighted by Crippen LogP contribution is -2.27. The quantitative estimate of drug-likeness (QED) is 0.866. The molecule has 0 aliphatic carbocycles. The second-order valence-corrected chi connectivity index (χ2v) is 5.33. The molecule has 0 saturated heterocycles. The molecular formula is C13H18BrNO2. The minimum Gasteiger partial charge on any atom is -0.495 e. The van der Waals surface area contributed by atoms with E-state index in [-0.39, 0.29) is 16.7 Å². The van der Waals surface area contributed by atoms with Crippen LogP contribution in [0.3, 0.4) is 0 Å². The Bertz CT molecular complexity index is 404. The van der Waals surface area contributed by atoms with Gasteiger partial charge in [-0.15, -0.1) is 0 Å². The Kier molecular flexibility index (Phi) is 5.00. The van der Waals surface area contributed by atoms with Gasteiger partial charge >= 0.3 is 0 Å². The molecule has 0 aliphatic heterocycles. The van der Waals surface area contributed by atoms with Gasteiger partial charge < -0.3 is 10.1 Å². The number of halogens is 1. The Morgan fingerprint density at radius 2 is 2.06 bits per heavy atom. The van der Waals surface area contributed by atoms with E-state index in [0.29, 0.717) is 11.4 Å². The van der Waals surface area contributed by atoms with Gasteiger partial charge in [-0.3, -0.25) is 4.79 Å². The average Bonchev–Trinajstić information content (AvgIpc) is 2.30. The Morgan fingerprint density at radius 1 is 1.41 bits per heavy atom. The SMILES string of the molecule is COc1cc(C)ccc1NC(=O)[C@H](Br)C(C)C. The summed E-state index contributed by atoms with van der Waals surface area (Å²) < 4.78 is 5.24. The maximum Gasteiger partial charge on any atom is 0.238 e. The van der Waals surface area contributed by atoms with Crippen LogP contribution in [0.25, 0.3) is 0 Å². The number of carbonyl (C=O) groups is 1. The third kappa shape index (κ3) is 3.73. The molecule has 0 heterocycles. The van der Waals surface area contributed by atoms with Gasteiger partial charge in [0, 0.05) is 0 Å². The lowest BCUT2D eigenvalue weighted by atomic mass is 10.1. The van der Waals surface area contributed by atoms with Crippen molar-refractivity contribution in [1.29, 1.82) is 0 Å². The molecule has 0 spiro atoms. The van der Waals surface area contributed by atoms with Crippen molar-refractivity contribution < 1.29 is 9.53 Å². The molecule has 1 aromatic rings. The van der Waals surface area contributed by atoms with E-state index in [1.54, 1.807) is 7.11 Å². The number of aryl methyl sites for hydroxylation is 1. The van der Waals surface area contributed by atoms with E-state index in [2.05, 4.69) is 21.2 Å². The van der Waals surface area contributed by atoms with E-state index >= 15 is 0 Å². The van der Waals surface area contributed by atoms with Crippen molar-refractivity contribution >= 4 is 27.5 Å². The zero-order valence-corrected chi connectivity index (χ0v) is 12.2. The van der Waals surface area contributed by atoms with Crippen molar-refractivity contribution in [2.45, 2.75) is 25.6 Å². The van der Waals surface area contributed by atoms with Gasteiger partial charge in [0.1, 0.15) is 5.75 Å². The molecule has 3 nitrogen and oxygen atoms in total. The van der Waals surface area contributed by atoms with E-state index in [0.717, 1.165) is 5.56 Å².